The van der Waals surface area contributed by atoms with Crippen LogP contribution in [-0.2, 0) is 0 Å². The molecule has 0 aromatic heterocycles. The summed E-state index contributed by atoms with van der Waals surface area (Å²) in [6, 6.07) is 0. The van der Waals surface area contributed by atoms with Gasteiger partial charge in [-0.25, -0.2) is 0 Å². The van der Waals surface area contributed by atoms with Crippen molar-refractivity contribution >= 4 is 30.5 Å². The molecule has 0 aromatic carbocycles. The first-order valence-electron chi connectivity index (χ1n) is 3.89. The predicted molar refractivity (Wildman–Crippen MR) is 56.2 cm³/mol. The molecule has 0 amide bonds. The predicted octanol–water partition coefficient (Wildman–Crippen LogP) is 0.153. The van der Waals surface area contributed by atoms with Gasteiger partial charge in [-0.15, -0.1) is 0 Å². The number of rotatable bonds is 4. The van der Waals surface area contributed by atoms with Crippen molar-refractivity contribution in [1.82, 2.24) is 0 Å². The van der Waals surface area contributed by atoms with Crippen molar-refractivity contribution in [3.63, 3.8) is 0 Å². The topological polar surface area (TPSA) is 101 Å². The molecule has 0 aliphatic rings. The van der Waals surface area contributed by atoms with Gasteiger partial charge in [0.15, 0.2) is 0 Å². The molecule has 5 N–H and O–H groups in total. The monoisotopic (exact) mass is 268 g/mol. The standard InChI is InChI=1S/C6H15Cl2O5P/c1-3(9)5(7)14(11,12,13)6(8)4(2)10/h3-6,9-13H,1-2H3. The quantitative estimate of drug-likeness (QED) is 0.369. The molecule has 14 heavy (non-hydrogen) atoms. The minimum absolute atomic E-state index is 1.17. The average Bonchev–Trinajstić information content (AvgIpc) is 2.00. The fraction of sp³-hybridized carbons (Fsp3) is 1.00. The zero-order valence-corrected chi connectivity index (χ0v) is 10.2. The van der Waals surface area contributed by atoms with Crippen LogP contribution in [0.4, 0.5) is 0 Å². The summed E-state index contributed by atoms with van der Waals surface area (Å²) < 4.78 is 0. The van der Waals surface area contributed by atoms with E-state index in [0.717, 1.165) is 0 Å². The first-order valence-corrected chi connectivity index (χ1v) is 7.00. The molecule has 0 rings (SSSR count). The van der Waals surface area contributed by atoms with Gasteiger partial charge < -0.3 is 0 Å². The van der Waals surface area contributed by atoms with Crippen LogP contribution in [0.2, 0.25) is 0 Å². The summed E-state index contributed by atoms with van der Waals surface area (Å²) in [6.07, 6.45) is -2.73. The molecular formula is C6H15Cl2O5P. The number of hydrogen-bond donors (Lipinski definition) is 5. The maximum atomic E-state index is 9.52. The Hall–Kier alpha value is 0.810. The van der Waals surface area contributed by atoms with Crippen molar-refractivity contribution in [2.24, 2.45) is 0 Å². The molecular weight excluding hydrogens is 254 g/mol. The Morgan fingerprint density at radius 1 is 0.857 bits per heavy atom. The van der Waals surface area contributed by atoms with E-state index in [-0.39, 0.29) is 0 Å². The zero-order chi connectivity index (χ0) is 11.8. The molecule has 4 unspecified atom stereocenters. The Morgan fingerprint density at radius 2 is 1.07 bits per heavy atom. The van der Waals surface area contributed by atoms with Crippen LogP contribution in [0.25, 0.3) is 0 Å². The van der Waals surface area contributed by atoms with E-state index < -0.39 is 29.7 Å². The summed E-state index contributed by atoms with van der Waals surface area (Å²) in [5.41, 5.74) is 0. The number of alkyl halides is 2. The van der Waals surface area contributed by atoms with E-state index in [0.29, 0.717) is 0 Å². The summed E-state index contributed by atoms with van der Waals surface area (Å²) in [6.45, 7) is 2.35. The second-order valence-corrected chi connectivity index (χ2v) is 8.22. The Kier molecular flexibility index (Phi) is 4.61. The third-order valence-electron chi connectivity index (χ3n) is 1.74. The van der Waals surface area contributed by atoms with Gasteiger partial charge in [0.05, 0.1) is 0 Å². The van der Waals surface area contributed by atoms with Gasteiger partial charge >= 0.3 is 91.7 Å². The molecule has 0 heterocycles. The summed E-state index contributed by atoms with van der Waals surface area (Å²) in [7, 11) is -5.48. The van der Waals surface area contributed by atoms with Gasteiger partial charge in [-0.05, 0) is 0 Å². The van der Waals surface area contributed by atoms with Gasteiger partial charge in [-0.2, -0.15) is 0 Å². The van der Waals surface area contributed by atoms with Crippen molar-refractivity contribution in [2.75, 3.05) is 0 Å². The van der Waals surface area contributed by atoms with Crippen molar-refractivity contribution < 1.29 is 24.9 Å². The van der Waals surface area contributed by atoms with Gasteiger partial charge in [0.1, 0.15) is 0 Å². The zero-order valence-electron chi connectivity index (χ0n) is 7.75. The summed E-state index contributed by atoms with van der Waals surface area (Å²) in [5, 5.41) is 14.6. The van der Waals surface area contributed by atoms with Gasteiger partial charge in [0.2, 0.25) is 0 Å². The van der Waals surface area contributed by atoms with Gasteiger partial charge in [-0.1, -0.05) is 0 Å². The van der Waals surface area contributed by atoms with E-state index in [1.165, 1.54) is 13.8 Å². The first-order chi connectivity index (χ1) is 5.99. The molecule has 0 bridgehead atoms. The van der Waals surface area contributed by atoms with E-state index in [2.05, 4.69) is 0 Å². The summed E-state index contributed by atoms with van der Waals surface area (Å²) in [5.74, 6) is 0. The fourth-order valence-corrected chi connectivity index (χ4v) is 3.79. The molecule has 5 nitrogen and oxygen atoms in total. The van der Waals surface area contributed by atoms with Crippen LogP contribution < -0.4 is 0 Å². The Labute approximate surface area is 92.1 Å². The van der Waals surface area contributed by atoms with Crippen LogP contribution in [0.15, 0.2) is 0 Å². The molecule has 0 aliphatic heterocycles. The van der Waals surface area contributed by atoms with E-state index in [1.54, 1.807) is 0 Å². The molecule has 0 aromatic rings. The van der Waals surface area contributed by atoms with E-state index >= 15 is 0 Å². The van der Waals surface area contributed by atoms with Crippen LogP contribution in [0.1, 0.15) is 13.8 Å². The van der Waals surface area contributed by atoms with Crippen LogP contribution in [0.3, 0.4) is 0 Å². The van der Waals surface area contributed by atoms with Crippen LogP contribution in [0, 0.1) is 0 Å². The maximum absolute atomic E-state index is 9.52. The number of hydrogen-bond acceptors (Lipinski definition) is 5. The normalized spacial score (nSPS) is 24.5. The minimum atomic E-state index is -5.48. The number of aliphatic hydroxyl groups is 2. The van der Waals surface area contributed by atoms with Crippen molar-refractivity contribution in [1.29, 1.82) is 0 Å². The molecule has 88 valence electrons. The molecule has 0 radical (unpaired) electrons. The first kappa shape index (κ1) is 14.8. The molecule has 4 atom stereocenters. The molecule has 0 spiro atoms. The van der Waals surface area contributed by atoms with Crippen molar-refractivity contribution in [2.45, 2.75) is 36.3 Å². The van der Waals surface area contributed by atoms with Crippen LogP contribution in [0.5, 0.6) is 0 Å². The molecule has 8 heteroatoms. The molecule has 0 aliphatic carbocycles. The molecule has 0 saturated carbocycles. The Morgan fingerprint density at radius 3 is 1.21 bits per heavy atom. The second-order valence-electron chi connectivity index (χ2n) is 3.34. The number of halogens is 2. The Balaban J connectivity index is 5.02. The van der Waals surface area contributed by atoms with Crippen LogP contribution >= 0.6 is 30.5 Å². The van der Waals surface area contributed by atoms with Gasteiger partial charge in [0.25, 0.3) is 0 Å². The van der Waals surface area contributed by atoms with E-state index in [9.17, 15) is 14.7 Å². The molecule has 0 saturated heterocycles. The summed E-state index contributed by atoms with van der Waals surface area (Å²) in [4.78, 5) is 28.5. The third kappa shape index (κ3) is 2.90. The van der Waals surface area contributed by atoms with Crippen LogP contribution in [-0.4, -0.2) is 47.3 Å². The van der Waals surface area contributed by atoms with Crippen molar-refractivity contribution in [3.05, 3.63) is 0 Å². The Bertz CT molecular complexity index is 184. The average molecular weight is 269 g/mol. The molecule has 0 fully saturated rings. The SMILES string of the molecule is CC(O)C(Cl)P(O)(O)(O)C(Cl)C(C)O. The van der Waals surface area contributed by atoms with Gasteiger partial charge in [0, 0.05) is 0 Å². The van der Waals surface area contributed by atoms with E-state index in [1.807, 2.05) is 0 Å². The number of aliphatic hydroxyl groups excluding tert-OH is 2. The van der Waals surface area contributed by atoms with Gasteiger partial charge in [-0.3, -0.25) is 0 Å². The third-order valence-corrected chi connectivity index (χ3v) is 7.48. The second kappa shape index (κ2) is 4.36. The van der Waals surface area contributed by atoms with Crippen molar-refractivity contribution in [3.8, 4) is 0 Å². The summed E-state index contributed by atoms with van der Waals surface area (Å²) >= 11 is 10.9. The fourth-order valence-electron chi connectivity index (χ4n) is 0.964. The van der Waals surface area contributed by atoms with E-state index in [4.69, 9.17) is 33.4 Å².